The fourth-order valence-corrected chi connectivity index (χ4v) is 6.99. The van der Waals surface area contributed by atoms with Gasteiger partial charge in [-0.1, -0.05) is 57.9 Å². The fourth-order valence-electron chi connectivity index (χ4n) is 6.99. The Kier molecular flexibility index (Phi) is 20.2. The Labute approximate surface area is 348 Å². The third-order valence-corrected chi connectivity index (χ3v) is 10.4. The summed E-state index contributed by atoms with van der Waals surface area (Å²) in [6, 6.07) is 9.10. The second-order valence-electron chi connectivity index (χ2n) is 15.6. The van der Waals surface area contributed by atoms with E-state index in [1.165, 1.54) is 25.7 Å². The minimum absolute atomic E-state index is 0.0656. The van der Waals surface area contributed by atoms with Gasteiger partial charge in [-0.3, -0.25) is 9.59 Å². The molecule has 322 valence electrons. The van der Waals surface area contributed by atoms with Crippen LogP contribution in [0.25, 0.3) is 11.1 Å². The Morgan fingerprint density at radius 1 is 0.678 bits per heavy atom. The second-order valence-corrected chi connectivity index (χ2v) is 15.6. The molecule has 1 aliphatic carbocycles. The van der Waals surface area contributed by atoms with Crippen molar-refractivity contribution in [1.29, 1.82) is 0 Å². The first-order valence-corrected chi connectivity index (χ1v) is 20.7. The molecule has 0 atom stereocenters. The molecule has 0 aromatic heterocycles. The summed E-state index contributed by atoms with van der Waals surface area (Å²) in [6.07, 6.45) is 10.7. The molecule has 0 heterocycles. The average molecular weight is 821 g/mol. The summed E-state index contributed by atoms with van der Waals surface area (Å²) in [5.41, 5.74) is 3.77. The van der Waals surface area contributed by atoms with Gasteiger partial charge in [0.1, 0.15) is 24.8 Å². The maximum atomic E-state index is 16.3. The summed E-state index contributed by atoms with van der Waals surface area (Å²) in [5, 5.41) is 0. The Morgan fingerprint density at radius 3 is 1.66 bits per heavy atom. The number of esters is 4. The predicted octanol–water partition coefficient (Wildman–Crippen LogP) is 8.71. The van der Waals surface area contributed by atoms with E-state index in [2.05, 4.69) is 20.1 Å². The van der Waals surface area contributed by atoms with Crippen LogP contribution in [-0.2, 0) is 60.6 Å². The molecule has 1 aliphatic rings. The lowest BCUT2D eigenvalue weighted by molar-refractivity contribution is -0.158. The molecule has 12 heteroatoms. The summed E-state index contributed by atoms with van der Waals surface area (Å²) in [5.74, 6) is -4.61. The highest BCUT2D eigenvalue weighted by atomic mass is 19.1. The number of ketones is 2. The first kappa shape index (κ1) is 48.2. The highest BCUT2D eigenvalue weighted by Gasteiger charge is 2.25. The molecule has 0 spiro atoms. The maximum Gasteiger partial charge on any atom is 0.374 e. The van der Waals surface area contributed by atoms with Crippen LogP contribution in [0, 0.1) is 17.7 Å². The van der Waals surface area contributed by atoms with E-state index >= 15 is 4.39 Å². The first-order valence-electron chi connectivity index (χ1n) is 20.7. The van der Waals surface area contributed by atoms with Gasteiger partial charge in [-0.15, -0.1) is 0 Å². The third-order valence-electron chi connectivity index (χ3n) is 10.4. The fraction of sp³-hybridized carbons (Fsp3) is 0.532. The van der Waals surface area contributed by atoms with Crippen LogP contribution in [0.1, 0.15) is 121 Å². The molecule has 0 bridgehead atoms. The number of hydrogen-bond acceptors (Lipinski definition) is 11. The first-order chi connectivity index (χ1) is 28.1. The van der Waals surface area contributed by atoms with Crippen molar-refractivity contribution in [3.05, 3.63) is 77.1 Å². The molecule has 0 aliphatic heterocycles. The topological polar surface area (TPSA) is 149 Å². The molecule has 2 aromatic rings. The Hall–Kier alpha value is -5.13. The lowest BCUT2D eigenvalue weighted by Gasteiger charge is -2.29. The van der Waals surface area contributed by atoms with E-state index in [1.807, 2.05) is 24.3 Å². The van der Waals surface area contributed by atoms with E-state index in [4.69, 9.17) is 23.7 Å². The minimum Gasteiger partial charge on any atom is -0.492 e. The maximum absolute atomic E-state index is 16.3. The molecule has 0 unspecified atom stereocenters. The summed E-state index contributed by atoms with van der Waals surface area (Å²) in [6.45, 7) is 13.9. The van der Waals surface area contributed by atoms with Crippen LogP contribution in [0.4, 0.5) is 4.39 Å². The van der Waals surface area contributed by atoms with Gasteiger partial charge in [-0.2, -0.15) is 0 Å². The second kappa shape index (κ2) is 24.7. The Morgan fingerprint density at radius 2 is 1.20 bits per heavy atom. The predicted molar refractivity (Wildman–Crippen MR) is 221 cm³/mol. The van der Waals surface area contributed by atoms with Crippen molar-refractivity contribution in [3.8, 4) is 16.9 Å². The molecular weight excluding hydrogens is 760 g/mol. The normalized spacial score (nSPS) is 14.9. The lowest BCUT2D eigenvalue weighted by atomic mass is 9.77. The molecule has 3 rings (SSSR count). The van der Waals surface area contributed by atoms with E-state index in [0.29, 0.717) is 59.6 Å². The largest absolute Gasteiger partial charge is 0.492 e. The van der Waals surface area contributed by atoms with Gasteiger partial charge in [0.25, 0.3) is 0 Å². The van der Waals surface area contributed by atoms with Crippen molar-refractivity contribution in [3.63, 3.8) is 0 Å². The third kappa shape index (κ3) is 16.2. The summed E-state index contributed by atoms with van der Waals surface area (Å²) >= 11 is 0. The van der Waals surface area contributed by atoms with E-state index in [0.717, 1.165) is 51.0 Å². The summed E-state index contributed by atoms with van der Waals surface area (Å²) in [4.78, 5) is 71.5. The molecular formula is C47H61FO11. The molecule has 1 saturated carbocycles. The molecule has 59 heavy (non-hydrogen) atoms. The van der Waals surface area contributed by atoms with Crippen LogP contribution < -0.4 is 4.74 Å². The van der Waals surface area contributed by atoms with Crippen molar-refractivity contribution in [2.45, 2.75) is 118 Å². The van der Waals surface area contributed by atoms with Gasteiger partial charge in [0.05, 0.1) is 25.7 Å². The highest BCUT2D eigenvalue weighted by molar-refractivity contribution is 6.32. The van der Waals surface area contributed by atoms with Crippen LogP contribution in [0.15, 0.2) is 54.6 Å². The monoisotopic (exact) mass is 820 g/mol. The Balaban J connectivity index is 2.00. The van der Waals surface area contributed by atoms with Crippen LogP contribution in [-0.4, -0.2) is 68.5 Å². The van der Waals surface area contributed by atoms with Gasteiger partial charge < -0.3 is 23.7 Å². The molecule has 1 fully saturated rings. The zero-order chi connectivity index (χ0) is 43.5. The van der Waals surface area contributed by atoms with Crippen LogP contribution in [0.2, 0.25) is 0 Å². The van der Waals surface area contributed by atoms with Crippen LogP contribution in [0.3, 0.4) is 0 Å². The molecule has 0 saturated heterocycles. The molecule has 0 N–H and O–H groups in total. The number of unbranched alkanes of at least 4 members (excludes halogenated alkanes) is 2. The van der Waals surface area contributed by atoms with Gasteiger partial charge in [0, 0.05) is 30.6 Å². The average Bonchev–Trinajstić information content (AvgIpc) is 3.20. The highest BCUT2D eigenvalue weighted by Crippen LogP contribution is 2.40. The molecule has 2 aromatic carbocycles. The number of hydrogen-bond donors (Lipinski definition) is 0. The standard InChI is InChI=1S/C47H61FO11/c1-8-9-10-13-34-16-18-36(19-17-34)37-20-21-41(42(48)26-37)40-24-38(14-11-22-55-44(51)30(2)3)43(39(25-40)15-12-23-56-45(52)31(4)5)57-27-35(28-58-46(53)32(6)49)29-59-47(54)33(7)50/h20-21,24-26,34-36H,2,4,8-19,22-23,27-29H2,1,3,5-7H3. The number of rotatable bonds is 25. The number of ether oxygens (including phenoxy) is 5. The zero-order valence-corrected chi connectivity index (χ0v) is 35.4. The van der Waals surface area contributed by atoms with Crippen molar-refractivity contribution in [1.82, 2.24) is 0 Å². The number of benzene rings is 2. The SMILES string of the molecule is C=C(C)C(=O)OCCCc1cc(-c2ccc(C3CCC(CCCCC)CC3)cc2F)cc(CCCOC(=O)C(=C)C)c1OCC(COC(=O)C(C)=O)COC(=O)C(C)=O. The summed E-state index contributed by atoms with van der Waals surface area (Å²) in [7, 11) is 0. The number of carbonyl (C=O) groups excluding carboxylic acids is 6. The number of Topliss-reactive ketones (excluding diaryl/α,β-unsaturated/α-hetero) is 2. The number of halogens is 1. The number of aryl methyl sites for hydroxylation is 2. The van der Waals surface area contributed by atoms with E-state index in [1.54, 1.807) is 19.9 Å². The smallest absolute Gasteiger partial charge is 0.374 e. The van der Waals surface area contributed by atoms with Crippen LogP contribution in [0.5, 0.6) is 5.75 Å². The van der Waals surface area contributed by atoms with E-state index < -0.39 is 41.4 Å². The van der Waals surface area contributed by atoms with E-state index in [9.17, 15) is 28.8 Å². The number of carbonyl (C=O) groups is 6. The van der Waals surface area contributed by atoms with Gasteiger partial charge in [0.15, 0.2) is 0 Å². The lowest BCUT2D eigenvalue weighted by Crippen LogP contribution is -2.29. The zero-order valence-electron chi connectivity index (χ0n) is 35.4. The van der Waals surface area contributed by atoms with Gasteiger partial charge in [-0.25, -0.2) is 23.6 Å². The van der Waals surface area contributed by atoms with Gasteiger partial charge in [0.2, 0.25) is 11.6 Å². The summed E-state index contributed by atoms with van der Waals surface area (Å²) < 4.78 is 43.6. The van der Waals surface area contributed by atoms with Crippen molar-refractivity contribution in [2.24, 2.45) is 11.8 Å². The minimum atomic E-state index is -1.09. The van der Waals surface area contributed by atoms with Gasteiger partial charge >= 0.3 is 23.9 Å². The van der Waals surface area contributed by atoms with Crippen molar-refractivity contribution >= 4 is 35.4 Å². The Bertz CT molecular complexity index is 1740. The molecule has 11 nitrogen and oxygen atoms in total. The van der Waals surface area contributed by atoms with Gasteiger partial charge in [-0.05, 0) is 118 Å². The van der Waals surface area contributed by atoms with Crippen molar-refractivity contribution in [2.75, 3.05) is 33.0 Å². The molecule has 0 radical (unpaired) electrons. The van der Waals surface area contributed by atoms with Crippen molar-refractivity contribution < 1.29 is 56.8 Å². The molecule has 0 amide bonds. The van der Waals surface area contributed by atoms with E-state index in [-0.39, 0.29) is 50.0 Å². The quantitative estimate of drug-likeness (QED) is 0.0311. The van der Waals surface area contributed by atoms with Crippen LogP contribution >= 0.6 is 0 Å².